The van der Waals surface area contributed by atoms with Gasteiger partial charge in [0.2, 0.25) is 0 Å². The maximum Gasteiger partial charge on any atom is 0.369 e. The monoisotopic (exact) mass is 516 g/mol. The van der Waals surface area contributed by atoms with Gasteiger partial charge in [0.05, 0.1) is 6.34 Å². The summed E-state index contributed by atoms with van der Waals surface area (Å²) in [6, 6.07) is 6.31. The van der Waals surface area contributed by atoms with Crippen LogP contribution in [-0.2, 0) is 33.3 Å². The first-order valence-corrected chi connectivity index (χ1v) is 11.8. The summed E-state index contributed by atoms with van der Waals surface area (Å²) in [6.45, 7) is 5.34. The fourth-order valence-corrected chi connectivity index (χ4v) is 4.81. The van der Waals surface area contributed by atoms with Crippen molar-refractivity contribution in [3.05, 3.63) is 29.8 Å². The maximum absolute atomic E-state index is 12.4. The van der Waals surface area contributed by atoms with Crippen LogP contribution < -0.4 is 0 Å². The lowest BCUT2D eigenvalue weighted by Crippen LogP contribution is -2.50. The number of amides is 2. The fraction of sp³-hybridized carbons (Fsp3) is 0.435. The molecule has 3 aliphatic heterocycles. The van der Waals surface area contributed by atoms with E-state index in [1.165, 1.54) is 43.8 Å². The molecule has 13 heteroatoms. The van der Waals surface area contributed by atoms with Crippen LogP contribution in [0.5, 0.6) is 0 Å². The molecule has 5 atom stereocenters. The van der Waals surface area contributed by atoms with Gasteiger partial charge in [0, 0.05) is 25.7 Å². The van der Waals surface area contributed by atoms with Crippen LogP contribution in [0.25, 0.3) is 0 Å². The molecule has 1 aromatic rings. The highest BCUT2D eigenvalue weighted by Crippen LogP contribution is 2.34. The molecule has 0 saturated carbocycles. The quantitative estimate of drug-likeness (QED) is 0.406. The molecule has 0 radical (unpaired) electrons. The average Bonchev–Trinajstić information content (AvgIpc) is 3.35. The Bertz CT molecular complexity index is 1170. The van der Waals surface area contributed by atoms with Crippen molar-refractivity contribution >= 4 is 52.9 Å². The lowest BCUT2D eigenvalue weighted by molar-refractivity contribution is -0.166. The molecule has 0 aromatic heterocycles. The summed E-state index contributed by atoms with van der Waals surface area (Å²) < 4.78 is 22.0. The molecule has 12 nitrogen and oxygen atoms in total. The third kappa shape index (κ3) is 5.62. The number of carbonyl (C=O) groups excluding carboxylic acids is 4. The second-order valence-corrected chi connectivity index (χ2v) is 9.30. The number of rotatable bonds is 6. The molecule has 0 spiro atoms. The first-order valence-electron chi connectivity index (χ1n) is 11.0. The third-order valence-electron chi connectivity index (χ3n) is 5.36. The number of ether oxygens (including phenoxy) is 4. The van der Waals surface area contributed by atoms with Crippen molar-refractivity contribution in [2.45, 2.75) is 63.2 Å². The lowest BCUT2D eigenvalue weighted by atomic mass is 10.1. The van der Waals surface area contributed by atoms with E-state index in [1.807, 2.05) is 31.2 Å². The number of aryl methyl sites for hydroxylation is 1. The third-order valence-corrected chi connectivity index (χ3v) is 6.39. The fourth-order valence-electron chi connectivity index (χ4n) is 3.90. The van der Waals surface area contributed by atoms with Crippen molar-refractivity contribution in [2.75, 3.05) is 6.61 Å². The van der Waals surface area contributed by atoms with Gasteiger partial charge in [-0.05, 0) is 19.1 Å². The van der Waals surface area contributed by atoms with Gasteiger partial charge in [-0.25, -0.2) is 4.79 Å². The number of aliphatic imine (C=N–C) groups is 3. The molecular formula is C23H24N4O8S. The molecule has 0 aliphatic carbocycles. The molecule has 2 amide bonds. The van der Waals surface area contributed by atoms with Crippen LogP contribution in [0.4, 0.5) is 4.79 Å². The normalized spacial score (nSPS) is 26.7. The summed E-state index contributed by atoms with van der Waals surface area (Å²) in [6.07, 6.45) is -2.81. The smallest absolute Gasteiger partial charge is 0.369 e. The van der Waals surface area contributed by atoms with Gasteiger partial charge in [0.25, 0.3) is 0 Å². The van der Waals surface area contributed by atoms with E-state index in [0.29, 0.717) is 5.04 Å². The van der Waals surface area contributed by atoms with E-state index in [0.717, 1.165) is 10.5 Å². The topological polar surface area (TPSA) is 146 Å². The molecular weight excluding hydrogens is 492 g/mol. The number of hydrogen-bond acceptors (Lipinski definition) is 11. The zero-order valence-electron chi connectivity index (χ0n) is 19.9. The van der Waals surface area contributed by atoms with Crippen LogP contribution in [0, 0.1) is 6.92 Å². The number of esters is 3. The standard InChI is InChI=1S/C23H24N4O8S/c1-11-5-7-15(8-6-11)36-21-17-20(25-23(31)26-21)27(10-24-17)22-19(34-14(4)30)18(33-13(3)29)16(35-22)9-32-12(2)28/h5-8,10,16-19,22H,9H2,1-4H3. The summed E-state index contributed by atoms with van der Waals surface area (Å²) in [5.74, 6) is -1.63. The number of hydrogen-bond donors (Lipinski definition) is 0. The summed E-state index contributed by atoms with van der Waals surface area (Å²) >= 11 is 1.29. The minimum Gasteiger partial charge on any atom is -0.463 e. The van der Waals surface area contributed by atoms with E-state index in [9.17, 15) is 19.2 Å². The Morgan fingerprint density at radius 3 is 2.31 bits per heavy atom. The van der Waals surface area contributed by atoms with E-state index in [2.05, 4.69) is 15.0 Å². The molecule has 1 fully saturated rings. The number of thioether (sulfide) groups is 1. The van der Waals surface area contributed by atoms with E-state index in [4.69, 9.17) is 18.9 Å². The van der Waals surface area contributed by atoms with Gasteiger partial charge in [-0.1, -0.05) is 29.5 Å². The molecule has 0 bridgehead atoms. The molecule has 1 saturated heterocycles. The molecule has 1 aromatic carbocycles. The zero-order chi connectivity index (χ0) is 26.0. The van der Waals surface area contributed by atoms with Gasteiger partial charge in [0.1, 0.15) is 23.6 Å². The van der Waals surface area contributed by atoms with Gasteiger partial charge < -0.3 is 18.9 Å². The summed E-state index contributed by atoms with van der Waals surface area (Å²) in [5, 5.41) is 0.419. The summed E-state index contributed by atoms with van der Waals surface area (Å²) in [7, 11) is 0. The number of fused-ring (bicyclic) bond motifs is 1. The Balaban J connectivity index is 1.60. The van der Waals surface area contributed by atoms with Gasteiger partial charge in [-0.2, -0.15) is 9.98 Å². The zero-order valence-corrected chi connectivity index (χ0v) is 20.8. The molecule has 3 aliphatic rings. The Morgan fingerprint density at radius 1 is 1.00 bits per heavy atom. The second kappa shape index (κ2) is 10.6. The minimum absolute atomic E-state index is 0.224. The Kier molecular flexibility index (Phi) is 7.50. The maximum atomic E-state index is 12.4. The van der Waals surface area contributed by atoms with E-state index in [1.54, 1.807) is 0 Å². The first kappa shape index (κ1) is 25.5. The van der Waals surface area contributed by atoms with Crippen molar-refractivity contribution in [1.82, 2.24) is 4.90 Å². The van der Waals surface area contributed by atoms with Gasteiger partial charge >= 0.3 is 23.9 Å². The highest BCUT2D eigenvalue weighted by molar-refractivity contribution is 8.14. The minimum atomic E-state index is -1.12. The van der Waals surface area contributed by atoms with Crippen LogP contribution in [-0.4, -0.2) is 83.2 Å². The summed E-state index contributed by atoms with van der Waals surface area (Å²) in [5.41, 5.74) is 1.09. The lowest BCUT2D eigenvalue weighted by Gasteiger charge is -2.30. The van der Waals surface area contributed by atoms with E-state index in [-0.39, 0.29) is 12.4 Å². The Morgan fingerprint density at radius 2 is 1.67 bits per heavy atom. The SMILES string of the molecule is CC(=O)OCC1OC(N2C=NC3C(Sc4ccc(C)cc4)=NC(=O)N=C32)C(OC(C)=O)C1OC(C)=O. The van der Waals surface area contributed by atoms with Crippen LogP contribution in [0.1, 0.15) is 26.3 Å². The number of nitrogens with zero attached hydrogens (tertiary/aromatic N) is 4. The largest absolute Gasteiger partial charge is 0.463 e. The van der Waals surface area contributed by atoms with Crippen molar-refractivity contribution in [3.8, 4) is 0 Å². The predicted octanol–water partition coefficient (Wildman–Crippen LogP) is 1.88. The first-order chi connectivity index (χ1) is 17.1. The highest BCUT2D eigenvalue weighted by Gasteiger charge is 2.54. The van der Waals surface area contributed by atoms with Crippen molar-refractivity contribution in [3.63, 3.8) is 0 Å². The number of urea groups is 1. The number of carbonyl (C=O) groups is 4. The van der Waals surface area contributed by atoms with Crippen LogP contribution in [0.15, 0.2) is 44.1 Å². The number of amidine groups is 1. The van der Waals surface area contributed by atoms with Crippen molar-refractivity contribution < 1.29 is 38.1 Å². The molecule has 36 heavy (non-hydrogen) atoms. The van der Waals surface area contributed by atoms with Crippen LogP contribution >= 0.6 is 11.8 Å². The molecule has 190 valence electrons. The average molecular weight is 517 g/mol. The molecule has 3 heterocycles. The molecule has 0 N–H and O–H groups in total. The van der Waals surface area contributed by atoms with E-state index < -0.39 is 54.5 Å². The number of benzene rings is 1. The Hall–Kier alpha value is -3.58. The van der Waals surface area contributed by atoms with Gasteiger partial charge in [-0.3, -0.25) is 24.3 Å². The second-order valence-electron chi connectivity index (χ2n) is 8.21. The van der Waals surface area contributed by atoms with Crippen molar-refractivity contribution in [1.29, 1.82) is 0 Å². The Labute approximate surface area is 210 Å². The van der Waals surface area contributed by atoms with Crippen LogP contribution in [0.3, 0.4) is 0 Å². The molecule has 4 rings (SSSR count). The molecule has 5 unspecified atom stereocenters. The predicted molar refractivity (Wildman–Crippen MR) is 128 cm³/mol. The van der Waals surface area contributed by atoms with Crippen LogP contribution in [0.2, 0.25) is 0 Å². The van der Waals surface area contributed by atoms with Crippen molar-refractivity contribution in [2.24, 2.45) is 15.0 Å². The summed E-state index contributed by atoms with van der Waals surface area (Å²) in [4.78, 5) is 62.4. The van der Waals surface area contributed by atoms with E-state index >= 15 is 0 Å². The van der Waals surface area contributed by atoms with Gasteiger partial charge in [-0.15, -0.1) is 0 Å². The highest BCUT2D eigenvalue weighted by atomic mass is 32.2. The van der Waals surface area contributed by atoms with Gasteiger partial charge in [0.15, 0.2) is 24.5 Å².